The van der Waals surface area contributed by atoms with Crippen molar-refractivity contribution in [1.29, 1.82) is 0 Å². The zero-order chi connectivity index (χ0) is 14.3. The maximum absolute atomic E-state index is 13.2. The zero-order valence-corrected chi connectivity index (χ0v) is 11.6. The van der Waals surface area contributed by atoms with Gasteiger partial charge in [-0.05, 0) is 37.7 Å². The van der Waals surface area contributed by atoms with E-state index in [0.29, 0.717) is 12.1 Å². The van der Waals surface area contributed by atoms with Gasteiger partial charge < -0.3 is 16.0 Å². The summed E-state index contributed by atoms with van der Waals surface area (Å²) in [6.45, 7) is 7.54. The van der Waals surface area contributed by atoms with Gasteiger partial charge in [-0.2, -0.15) is 0 Å². The van der Waals surface area contributed by atoms with Gasteiger partial charge in [-0.25, -0.2) is 4.39 Å². The van der Waals surface area contributed by atoms with Crippen molar-refractivity contribution >= 4 is 11.6 Å². The highest BCUT2D eigenvalue weighted by molar-refractivity contribution is 5.94. The van der Waals surface area contributed by atoms with Crippen LogP contribution in [0.1, 0.15) is 30.6 Å². The van der Waals surface area contributed by atoms with Gasteiger partial charge in [0.2, 0.25) is 0 Å². The quantitative estimate of drug-likeness (QED) is 0.741. The van der Waals surface area contributed by atoms with Gasteiger partial charge in [-0.1, -0.05) is 13.8 Å². The van der Waals surface area contributed by atoms with Crippen LogP contribution in [0.3, 0.4) is 0 Å². The second-order valence-corrected chi connectivity index (χ2v) is 4.43. The Bertz CT molecular complexity index is 423. The maximum Gasteiger partial charge on any atom is 0.251 e. The molecule has 0 heterocycles. The molecule has 0 fully saturated rings. The first kappa shape index (κ1) is 15.4. The number of likely N-dealkylation sites (N-methyl/N-ethyl adjacent to an activating group) is 1. The van der Waals surface area contributed by atoms with Crippen LogP contribution in [0.2, 0.25) is 0 Å². The molecule has 0 aromatic heterocycles. The minimum Gasteiger partial charge on any atom is -0.396 e. The van der Waals surface area contributed by atoms with E-state index in [4.69, 9.17) is 5.73 Å². The third-order valence-electron chi connectivity index (χ3n) is 2.96. The summed E-state index contributed by atoms with van der Waals surface area (Å²) in [7, 11) is 0. The zero-order valence-electron chi connectivity index (χ0n) is 11.6. The number of nitrogens with two attached hydrogens (primary N) is 1. The molecule has 0 atom stereocenters. The molecule has 0 saturated heterocycles. The monoisotopic (exact) mass is 267 g/mol. The number of carbonyl (C=O) groups excluding carboxylic acids is 1. The van der Waals surface area contributed by atoms with Gasteiger partial charge >= 0.3 is 0 Å². The molecule has 106 valence electrons. The smallest absolute Gasteiger partial charge is 0.251 e. The summed E-state index contributed by atoms with van der Waals surface area (Å²) in [5.41, 5.74) is 5.72. The minimum atomic E-state index is -0.561. The van der Waals surface area contributed by atoms with E-state index in [1.54, 1.807) is 0 Å². The number of nitrogens with zero attached hydrogens (tertiary/aromatic N) is 1. The fraction of sp³-hybridized carbons (Fsp3) is 0.500. The van der Waals surface area contributed by atoms with Crippen molar-refractivity contribution in [2.45, 2.75) is 20.3 Å². The largest absolute Gasteiger partial charge is 0.396 e. The number of carbonyl (C=O) groups is 1. The molecule has 0 unspecified atom stereocenters. The topological polar surface area (TPSA) is 58.4 Å². The summed E-state index contributed by atoms with van der Waals surface area (Å²) in [6.07, 6.45) is 1.09. The van der Waals surface area contributed by atoms with Crippen molar-refractivity contribution in [1.82, 2.24) is 10.2 Å². The number of anilines is 1. The molecular weight excluding hydrogens is 245 g/mol. The highest BCUT2D eigenvalue weighted by Crippen LogP contribution is 2.11. The minimum absolute atomic E-state index is 0.0525. The second-order valence-electron chi connectivity index (χ2n) is 4.43. The molecule has 0 radical (unpaired) electrons. The number of hydrogen-bond donors (Lipinski definition) is 2. The first-order valence-electron chi connectivity index (χ1n) is 6.64. The molecule has 0 bridgehead atoms. The molecule has 0 aliphatic carbocycles. The fourth-order valence-corrected chi connectivity index (χ4v) is 1.84. The Morgan fingerprint density at radius 1 is 1.37 bits per heavy atom. The molecule has 1 aromatic rings. The van der Waals surface area contributed by atoms with Crippen LogP contribution in [-0.2, 0) is 0 Å². The van der Waals surface area contributed by atoms with Crippen LogP contribution in [0.15, 0.2) is 18.2 Å². The molecule has 0 aliphatic heterocycles. The average Bonchev–Trinajstić information content (AvgIpc) is 2.40. The molecule has 1 aromatic carbocycles. The number of amides is 1. The lowest BCUT2D eigenvalue weighted by Gasteiger charge is -2.19. The van der Waals surface area contributed by atoms with Crippen LogP contribution in [0.4, 0.5) is 10.1 Å². The number of nitrogen functional groups attached to an aromatic ring is 1. The standard InChI is InChI=1S/C14H22FN3O/c1-3-8-18(4-2)9-7-17-14(19)11-5-6-13(16)12(15)10-11/h5-6,10H,3-4,7-9,16H2,1-2H3,(H,17,19). The van der Waals surface area contributed by atoms with Crippen molar-refractivity contribution < 1.29 is 9.18 Å². The number of nitrogens with one attached hydrogen (secondary N) is 1. The Hall–Kier alpha value is -1.62. The molecule has 4 nitrogen and oxygen atoms in total. The molecule has 1 amide bonds. The summed E-state index contributed by atoms with van der Waals surface area (Å²) in [5.74, 6) is -0.833. The number of hydrogen-bond acceptors (Lipinski definition) is 3. The van der Waals surface area contributed by atoms with Gasteiger partial charge in [-0.15, -0.1) is 0 Å². The summed E-state index contributed by atoms with van der Waals surface area (Å²) in [4.78, 5) is 14.1. The first-order chi connectivity index (χ1) is 9.08. The summed E-state index contributed by atoms with van der Waals surface area (Å²) < 4.78 is 13.2. The predicted octanol–water partition coefficient (Wildman–Crippen LogP) is 1.87. The highest BCUT2D eigenvalue weighted by atomic mass is 19.1. The number of halogens is 1. The number of rotatable bonds is 7. The van der Waals surface area contributed by atoms with E-state index in [1.165, 1.54) is 12.1 Å². The van der Waals surface area contributed by atoms with Gasteiger partial charge in [0, 0.05) is 18.7 Å². The molecule has 19 heavy (non-hydrogen) atoms. The van der Waals surface area contributed by atoms with E-state index >= 15 is 0 Å². The van der Waals surface area contributed by atoms with E-state index in [9.17, 15) is 9.18 Å². The lowest BCUT2D eigenvalue weighted by Crippen LogP contribution is -2.35. The van der Waals surface area contributed by atoms with E-state index in [-0.39, 0.29) is 11.6 Å². The van der Waals surface area contributed by atoms with Gasteiger partial charge in [-0.3, -0.25) is 4.79 Å². The van der Waals surface area contributed by atoms with Crippen LogP contribution in [0.25, 0.3) is 0 Å². The van der Waals surface area contributed by atoms with Crippen LogP contribution in [0.5, 0.6) is 0 Å². The lowest BCUT2D eigenvalue weighted by molar-refractivity contribution is 0.0948. The van der Waals surface area contributed by atoms with E-state index in [1.807, 2.05) is 0 Å². The molecule has 3 N–H and O–H groups in total. The summed E-state index contributed by atoms with van der Waals surface area (Å²) >= 11 is 0. The van der Waals surface area contributed by atoms with Gasteiger partial charge in [0.15, 0.2) is 0 Å². The molecule has 0 aliphatic rings. The lowest BCUT2D eigenvalue weighted by atomic mass is 10.2. The predicted molar refractivity (Wildman–Crippen MR) is 75.6 cm³/mol. The first-order valence-corrected chi connectivity index (χ1v) is 6.64. The van der Waals surface area contributed by atoms with Gasteiger partial charge in [0.1, 0.15) is 5.82 Å². The number of benzene rings is 1. The van der Waals surface area contributed by atoms with Crippen molar-refractivity contribution in [2.24, 2.45) is 0 Å². The van der Waals surface area contributed by atoms with Crippen LogP contribution >= 0.6 is 0 Å². The normalized spacial score (nSPS) is 10.7. The molecule has 0 saturated carbocycles. The van der Waals surface area contributed by atoms with Gasteiger partial charge in [0.05, 0.1) is 5.69 Å². The highest BCUT2D eigenvalue weighted by Gasteiger charge is 2.08. The van der Waals surface area contributed by atoms with Crippen molar-refractivity contribution in [3.8, 4) is 0 Å². The third-order valence-corrected chi connectivity index (χ3v) is 2.96. The Morgan fingerprint density at radius 3 is 2.68 bits per heavy atom. The molecule has 1 rings (SSSR count). The Kier molecular flexibility index (Phi) is 6.29. The maximum atomic E-state index is 13.2. The molecular formula is C14H22FN3O. The van der Waals surface area contributed by atoms with Crippen molar-refractivity contribution in [3.05, 3.63) is 29.6 Å². The third kappa shape index (κ3) is 4.87. The summed E-state index contributed by atoms with van der Waals surface area (Å²) in [5, 5.41) is 2.78. The second kappa shape index (κ2) is 7.74. The van der Waals surface area contributed by atoms with E-state index < -0.39 is 5.82 Å². The Labute approximate surface area is 113 Å². The van der Waals surface area contributed by atoms with Crippen LogP contribution in [0, 0.1) is 5.82 Å². The van der Waals surface area contributed by atoms with Crippen LogP contribution in [-0.4, -0.2) is 37.0 Å². The molecule has 5 heteroatoms. The fourth-order valence-electron chi connectivity index (χ4n) is 1.84. The Morgan fingerprint density at radius 2 is 2.11 bits per heavy atom. The Balaban J connectivity index is 2.44. The van der Waals surface area contributed by atoms with Crippen LogP contribution < -0.4 is 11.1 Å². The van der Waals surface area contributed by atoms with E-state index in [0.717, 1.165) is 32.1 Å². The van der Waals surface area contributed by atoms with Crippen molar-refractivity contribution in [2.75, 3.05) is 31.9 Å². The van der Waals surface area contributed by atoms with Gasteiger partial charge in [0.25, 0.3) is 5.91 Å². The molecule has 0 spiro atoms. The summed E-state index contributed by atoms with van der Waals surface area (Å²) in [6, 6.07) is 4.09. The van der Waals surface area contributed by atoms with E-state index in [2.05, 4.69) is 24.1 Å². The SMILES string of the molecule is CCCN(CC)CCNC(=O)c1ccc(N)c(F)c1. The average molecular weight is 267 g/mol. The van der Waals surface area contributed by atoms with Crippen molar-refractivity contribution in [3.63, 3.8) is 0 Å².